The van der Waals surface area contributed by atoms with E-state index in [-0.39, 0.29) is 11.6 Å². The Hall–Kier alpha value is -1.62. The molecule has 1 aliphatic heterocycles. The van der Waals surface area contributed by atoms with Gasteiger partial charge in [-0.1, -0.05) is 12.5 Å². The van der Waals surface area contributed by atoms with Gasteiger partial charge in [0.25, 0.3) is 5.91 Å². The second kappa shape index (κ2) is 7.24. The van der Waals surface area contributed by atoms with E-state index in [2.05, 4.69) is 15.5 Å². The van der Waals surface area contributed by atoms with Gasteiger partial charge in [-0.05, 0) is 38.1 Å². The van der Waals surface area contributed by atoms with E-state index in [9.17, 15) is 9.18 Å². The van der Waals surface area contributed by atoms with Crippen LogP contribution in [0.15, 0.2) is 18.2 Å². The molecule has 0 aliphatic carbocycles. The van der Waals surface area contributed by atoms with E-state index in [1.165, 1.54) is 25.3 Å². The smallest absolute Gasteiger partial charge is 0.253 e. The number of hydrogen-bond donors (Lipinski definition) is 2. The fourth-order valence-electron chi connectivity index (χ4n) is 2.57. The average Bonchev–Trinajstić information content (AvgIpc) is 2.48. The zero-order valence-electron chi connectivity index (χ0n) is 11.9. The van der Waals surface area contributed by atoms with Gasteiger partial charge >= 0.3 is 0 Å². The third-order valence-corrected chi connectivity index (χ3v) is 3.67. The molecule has 5 heteroatoms. The summed E-state index contributed by atoms with van der Waals surface area (Å²) in [5.74, 6) is -0.637. The van der Waals surface area contributed by atoms with Crippen LogP contribution in [0.5, 0.6) is 0 Å². The molecule has 1 saturated heterocycles. The quantitative estimate of drug-likeness (QED) is 0.867. The van der Waals surface area contributed by atoms with Crippen molar-refractivity contribution in [1.29, 1.82) is 0 Å². The van der Waals surface area contributed by atoms with Gasteiger partial charge in [0.15, 0.2) is 0 Å². The van der Waals surface area contributed by atoms with Crippen molar-refractivity contribution in [1.82, 2.24) is 10.2 Å². The monoisotopic (exact) mass is 279 g/mol. The summed E-state index contributed by atoms with van der Waals surface area (Å²) in [5, 5.41) is 5.60. The van der Waals surface area contributed by atoms with Gasteiger partial charge in [0.2, 0.25) is 0 Å². The SMILES string of the molecule is CNc1c(F)cccc1C(=O)NCCN1CCCCC1. The Bertz CT molecular complexity index is 458. The van der Waals surface area contributed by atoms with Gasteiger partial charge in [-0.3, -0.25) is 4.79 Å². The lowest BCUT2D eigenvalue weighted by Gasteiger charge is -2.26. The molecule has 0 unspecified atom stereocenters. The van der Waals surface area contributed by atoms with E-state index < -0.39 is 5.82 Å². The van der Waals surface area contributed by atoms with E-state index in [4.69, 9.17) is 0 Å². The van der Waals surface area contributed by atoms with Gasteiger partial charge in [-0.25, -0.2) is 4.39 Å². The summed E-state index contributed by atoms with van der Waals surface area (Å²) in [6.07, 6.45) is 3.78. The highest BCUT2D eigenvalue weighted by atomic mass is 19.1. The molecule has 110 valence electrons. The standard InChI is InChI=1S/C15H22FN3O/c1-17-14-12(6-5-7-13(14)16)15(20)18-8-11-19-9-3-2-4-10-19/h5-7,17H,2-4,8-11H2,1H3,(H,18,20). The molecule has 2 N–H and O–H groups in total. The predicted molar refractivity (Wildman–Crippen MR) is 78.6 cm³/mol. The minimum absolute atomic E-state index is 0.231. The fraction of sp³-hybridized carbons (Fsp3) is 0.533. The van der Waals surface area contributed by atoms with Crippen molar-refractivity contribution in [3.05, 3.63) is 29.6 Å². The molecule has 0 radical (unpaired) electrons. The maximum absolute atomic E-state index is 13.6. The van der Waals surface area contributed by atoms with Crippen molar-refractivity contribution in [3.63, 3.8) is 0 Å². The summed E-state index contributed by atoms with van der Waals surface area (Å²) in [5.41, 5.74) is 0.606. The Kier molecular flexibility index (Phi) is 5.35. The van der Waals surface area contributed by atoms with Crippen molar-refractivity contribution >= 4 is 11.6 Å². The van der Waals surface area contributed by atoms with Crippen LogP contribution in [0.1, 0.15) is 29.6 Å². The first-order chi connectivity index (χ1) is 9.72. The highest BCUT2D eigenvalue weighted by Crippen LogP contribution is 2.18. The Morgan fingerprint density at radius 3 is 2.75 bits per heavy atom. The summed E-state index contributed by atoms with van der Waals surface area (Å²) < 4.78 is 13.6. The lowest BCUT2D eigenvalue weighted by atomic mass is 10.1. The summed E-state index contributed by atoms with van der Waals surface area (Å²) >= 11 is 0. The number of rotatable bonds is 5. The summed E-state index contributed by atoms with van der Waals surface area (Å²) in [4.78, 5) is 14.4. The van der Waals surface area contributed by atoms with Gasteiger partial charge in [-0.2, -0.15) is 0 Å². The maximum Gasteiger partial charge on any atom is 0.253 e. The number of piperidine rings is 1. The largest absolute Gasteiger partial charge is 0.385 e. The minimum Gasteiger partial charge on any atom is -0.385 e. The molecule has 4 nitrogen and oxygen atoms in total. The highest BCUT2D eigenvalue weighted by molar-refractivity contribution is 5.99. The molecule has 0 saturated carbocycles. The third-order valence-electron chi connectivity index (χ3n) is 3.67. The Labute approximate surface area is 119 Å². The van der Waals surface area contributed by atoms with Crippen molar-refractivity contribution < 1.29 is 9.18 Å². The highest BCUT2D eigenvalue weighted by Gasteiger charge is 2.14. The Balaban J connectivity index is 1.87. The van der Waals surface area contributed by atoms with Gasteiger partial charge in [0.1, 0.15) is 5.82 Å². The molecule has 1 aliphatic rings. The molecule has 0 spiro atoms. The molecule has 0 atom stereocenters. The number of halogens is 1. The Morgan fingerprint density at radius 2 is 2.05 bits per heavy atom. The van der Waals surface area contributed by atoms with Gasteiger partial charge in [-0.15, -0.1) is 0 Å². The van der Waals surface area contributed by atoms with Crippen LogP contribution in [0, 0.1) is 5.82 Å². The molecular formula is C15H22FN3O. The number of likely N-dealkylation sites (tertiary alicyclic amines) is 1. The van der Waals surface area contributed by atoms with Crippen LogP contribution in [-0.2, 0) is 0 Å². The number of para-hydroxylation sites is 1. The number of carbonyl (C=O) groups is 1. The predicted octanol–water partition coefficient (Wildman–Crippen LogP) is 2.08. The Morgan fingerprint density at radius 1 is 1.30 bits per heavy atom. The summed E-state index contributed by atoms with van der Waals surface area (Å²) in [7, 11) is 1.61. The first-order valence-electron chi connectivity index (χ1n) is 7.19. The zero-order chi connectivity index (χ0) is 14.4. The molecular weight excluding hydrogens is 257 g/mol. The van der Waals surface area contributed by atoms with E-state index in [0.29, 0.717) is 12.1 Å². The first kappa shape index (κ1) is 14.8. The number of hydrogen-bond acceptors (Lipinski definition) is 3. The number of nitrogens with zero attached hydrogens (tertiary/aromatic N) is 1. The molecule has 1 heterocycles. The van der Waals surface area contributed by atoms with Crippen LogP contribution < -0.4 is 10.6 Å². The summed E-state index contributed by atoms with van der Waals surface area (Å²) in [6.45, 7) is 3.67. The van der Waals surface area contributed by atoms with E-state index in [0.717, 1.165) is 19.6 Å². The van der Waals surface area contributed by atoms with Crippen LogP contribution in [0.3, 0.4) is 0 Å². The van der Waals surface area contributed by atoms with Crippen LogP contribution in [-0.4, -0.2) is 44.0 Å². The van der Waals surface area contributed by atoms with Crippen molar-refractivity contribution in [2.45, 2.75) is 19.3 Å². The topological polar surface area (TPSA) is 44.4 Å². The second-order valence-electron chi connectivity index (χ2n) is 5.07. The number of carbonyl (C=O) groups excluding carboxylic acids is 1. The lowest BCUT2D eigenvalue weighted by Crippen LogP contribution is -2.37. The molecule has 1 amide bonds. The lowest BCUT2D eigenvalue weighted by molar-refractivity contribution is 0.0947. The normalized spacial score (nSPS) is 15.9. The molecule has 20 heavy (non-hydrogen) atoms. The van der Waals surface area contributed by atoms with Gasteiger partial charge in [0, 0.05) is 20.1 Å². The number of benzene rings is 1. The van der Waals surface area contributed by atoms with Gasteiger partial charge in [0.05, 0.1) is 11.3 Å². The first-order valence-corrected chi connectivity index (χ1v) is 7.19. The second-order valence-corrected chi connectivity index (χ2v) is 5.07. The summed E-state index contributed by atoms with van der Waals surface area (Å²) in [6, 6.07) is 4.53. The minimum atomic E-state index is -0.406. The third kappa shape index (κ3) is 3.70. The van der Waals surface area contributed by atoms with Crippen LogP contribution >= 0.6 is 0 Å². The van der Waals surface area contributed by atoms with Crippen LogP contribution in [0.25, 0.3) is 0 Å². The zero-order valence-corrected chi connectivity index (χ0v) is 11.9. The molecule has 1 fully saturated rings. The number of nitrogens with one attached hydrogen (secondary N) is 2. The fourth-order valence-corrected chi connectivity index (χ4v) is 2.57. The van der Waals surface area contributed by atoms with Crippen LogP contribution in [0.2, 0.25) is 0 Å². The van der Waals surface area contributed by atoms with Crippen molar-refractivity contribution in [2.75, 3.05) is 38.5 Å². The maximum atomic E-state index is 13.6. The van der Waals surface area contributed by atoms with Crippen molar-refractivity contribution in [2.24, 2.45) is 0 Å². The molecule has 0 bridgehead atoms. The van der Waals surface area contributed by atoms with Crippen LogP contribution in [0.4, 0.5) is 10.1 Å². The molecule has 0 aromatic heterocycles. The average molecular weight is 279 g/mol. The number of anilines is 1. The van der Waals surface area contributed by atoms with Crippen molar-refractivity contribution in [3.8, 4) is 0 Å². The number of amides is 1. The van der Waals surface area contributed by atoms with E-state index >= 15 is 0 Å². The molecule has 1 aromatic rings. The molecule has 2 rings (SSSR count). The molecule has 1 aromatic carbocycles. The van der Waals surface area contributed by atoms with E-state index in [1.807, 2.05) is 0 Å². The van der Waals surface area contributed by atoms with Gasteiger partial charge < -0.3 is 15.5 Å². The van der Waals surface area contributed by atoms with E-state index in [1.54, 1.807) is 19.2 Å².